The second-order valence-corrected chi connectivity index (χ2v) is 4.16. The minimum atomic E-state index is -0.483. The Balaban J connectivity index is 2.53. The van der Waals surface area contributed by atoms with E-state index in [-0.39, 0.29) is 5.69 Å². The molecule has 0 radical (unpaired) electrons. The van der Waals surface area contributed by atoms with Gasteiger partial charge in [-0.3, -0.25) is 16.0 Å². The Labute approximate surface area is 104 Å². The fraction of sp³-hybridized carbons (Fsp3) is 0. The van der Waals surface area contributed by atoms with Gasteiger partial charge in [-0.05, 0) is 22.0 Å². The molecule has 0 atom stereocenters. The lowest BCUT2D eigenvalue weighted by Gasteiger charge is -2.05. The van der Waals surface area contributed by atoms with Gasteiger partial charge in [0, 0.05) is 18.3 Å². The molecule has 0 saturated carbocycles. The van der Waals surface area contributed by atoms with Crippen molar-refractivity contribution in [2.24, 2.45) is 5.84 Å². The van der Waals surface area contributed by atoms with E-state index >= 15 is 0 Å². The van der Waals surface area contributed by atoms with Crippen LogP contribution in [0.1, 0.15) is 0 Å². The van der Waals surface area contributed by atoms with Gasteiger partial charge in [0.1, 0.15) is 0 Å². The van der Waals surface area contributed by atoms with Crippen LogP contribution in [0.15, 0.2) is 35.1 Å². The molecule has 1 heterocycles. The average Bonchev–Trinajstić information content (AvgIpc) is 2.75. The zero-order valence-electron chi connectivity index (χ0n) is 8.50. The number of nitrogens with zero attached hydrogens (tertiary/aromatic N) is 3. The van der Waals surface area contributed by atoms with Gasteiger partial charge in [-0.1, -0.05) is 0 Å². The Bertz CT molecular complexity index is 568. The third kappa shape index (κ3) is 2.43. The maximum absolute atomic E-state index is 10.8. The van der Waals surface area contributed by atoms with E-state index in [1.165, 1.54) is 16.8 Å². The van der Waals surface area contributed by atoms with E-state index in [4.69, 9.17) is 5.84 Å². The molecule has 0 spiro atoms. The third-order valence-corrected chi connectivity index (χ3v) is 2.51. The number of benzene rings is 1. The first-order chi connectivity index (χ1) is 8.10. The first-order valence-electron chi connectivity index (χ1n) is 4.57. The molecule has 3 N–H and O–H groups in total. The number of rotatable bonds is 3. The summed E-state index contributed by atoms with van der Waals surface area (Å²) in [6.45, 7) is 0. The predicted octanol–water partition coefficient (Wildman–Crippen LogP) is 1.83. The summed E-state index contributed by atoms with van der Waals surface area (Å²) in [5.74, 6) is 5.26. The standard InChI is InChI=1S/C9H8BrN5O2/c10-6-4-12-14(5-6)8-1-7(13-11)2-9(3-8)15(16)17/h1-5,13H,11H2. The number of nitro groups is 1. The summed E-state index contributed by atoms with van der Waals surface area (Å²) >= 11 is 3.25. The second kappa shape index (κ2) is 4.52. The Morgan fingerprint density at radius 2 is 2.24 bits per heavy atom. The number of nitrogens with one attached hydrogen (secondary N) is 1. The van der Waals surface area contributed by atoms with Gasteiger partial charge in [-0.2, -0.15) is 5.10 Å². The summed E-state index contributed by atoms with van der Waals surface area (Å²) in [7, 11) is 0. The van der Waals surface area contributed by atoms with Gasteiger partial charge < -0.3 is 5.43 Å². The summed E-state index contributed by atoms with van der Waals surface area (Å²) in [5.41, 5.74) is 3.33. The van der Waals surface area contributed by atoms with Crippen molar-refractivity contribution in [3.63, 3.8) is 0 Å². The molecular formula is C9H8BrN5O2. The van der Waals surface area contributed by atoms with Crippen LogP contribution in [0.4, 0.5) is 11.4 Å². The number of hydrogen-bond acceptors (Lipinski definition) is 5. The van der Waals surface area contributed by atoms with Gasteiger partial charge in [0.05, 0.1) is 27.0 Å². The van der Waals surface area contributed by atoms with Crippen molar-refractivity contribution in [1.29, 1.82) is 0 Å². The van der Waals surface area contributed by atoms with Gasteiger partial charge in [-0.25, -0.2) is 4.68 Å². The van der Waals surface area contributed by atoms with E-state index in [2.05, 4.69) is 26.5 Å². The highest BCUT2D eigenvalue weighted by Gasteiger charge is 2.11. The van der Waals surface area contributed by atoms with Gasteiger partial charge in [0.15, 0.2) is 0 Å². The van der Waals surface area contributed by atoms with Crippen LogP contribution >= 0.6 is 15.9 Å². The van der Waals surface area contributed by atoms with E-state index in [0.717, 1.165) is 4.47 Å². The average molecular weight is 298 g/mol. The van der Waals surface area contributed by atoms with Crippen molar-refractivity contribution >= 4 is 27.3 Å². The zero-order valence-corrected chi connectivity index (χ0v) is 10.1. The molecule has 7 nitrogen and oxygen atoms in total. The van der Waals surface area contributed by atoms with E-state index in [0.29, 0.717) is 11.4 Å². The molecule has 88 valence electrons. The summed E-state index contributed by atoms with van der Waals surface area (Å²) in [6.07, 6.45) is 3.29. The molecule has 1 aromatic carbocycles. The molecule has 2 aromatic rings. The molecule has 17 heavy (non-hydrogen) atoms. The van der Waals surface area contributed by atoms with Crippen molar-refractivity contribution in [3.8, 4) is 5.69 Å². The summed E-state index contributed by atoms with van der Waals surface area (Å²) < 4.78 is 2.30. The topological polar surface area (TPSA) is 99.0 Å². The molecule has 0 amide bonds. The Hall–Kier alpha value is -1.93. The molecular weight excluding hydrogens is 290 g/mol. The molecule has 8 heteroatoms. The van der Waals surface area contributed by atoms with Gasteiger partial charge >= 0.3 is 0 Å². The quantitative estimate of drug-likeness (QED) is 0.511. The first-order valence-corrected chi connectivity index (χ1v) is 5.36. The van der Waals surface area contributed by atoms with Crippen molar-refractivity contribution in [2.75, 3.05) is 5.43 Å². The Morgan fingerprint density at radius 3 is 2.76 bits per heavy atom. The highest BCUT2D eigenvalue weighted by atomic mass is 79.9. The number of hydrogen-bond donors (Lipinski definition) is 2. The first kappa shape index (κ1) is 11.6. The van der Waals surface area contributed by atoms with Crippen LogP contribution in [-0.4, -0.2) is 14.7 Å². The summed E-state index contributed by atoms with van der Waals surface area (Å²) in [5, 5.41) is 14.8. The van der Waals surface area contributed by atoms with Crippen LogP contribution in [0, 0.1) is 10.1 Å². The Kier molecular flexibility index (Phi) is 3.07. The molecule has 1 aromatic heterocycles. The summed E-state index contributed by atoms with van der Waals surface area (Å²) in [4.78, 5) is 10.3. The van der Waals surface area contributed by atoms with E-state index in [1.807, 2.05) is 0 Å². The molecule has 0 saturated heterocycles. The normalized spacial score (nSPS) is 10.2. The molecule has 0 aliphatic rings. The zero-order chi connectivity index (χ0) is 12.4. The summed E-state index contributed by atoms with van der Waals surface area (Å²) in [6, 6.07) is 4.43. The number of halogens is 1. The van der Waals surface area contributed by atoms with Crippen LogP contribution in [-0.2, 0) is 0 Å². The van der Waals surface area contributed by atoms with Crippen molar-refractivity contribution in [3.05, 3.63) is 45.2 Å². The van der Waals surface area contributed by atoms with Crippen LogP contribution in [0.2, 0.25) is 0 Å². The van der Waals surface area contributed by atoms with E-state index in [1.54, 1.807) is 18.5 Å². The number of nitrogens with two attached hydrogens (primary N) is 1. The third-order valence-electron chi connectivity index (χ3n) is 2.10. The van der Waals surface area contributed by atoms with Crippen LogP contribution in [0.5, 0.6) is 0 Å². The number of aromatic nitrogens is 2. The minimum Gasteiger partial charge on any atom is -0.324 e. The lowest BCUT2D eigenvalue weighted by atomic mass is 10.2. The number of anilines is 1. The van der Waals surface area contributed by atoms with Gasteiger partial charge in [0.25, 0.3) is 5.69 Å². The number of non-ortho nitro benzene ring substituents is 1. The van der Waals surface area contributed by atoms with Gasteiger partial charge in [0.2, 0.25) is 0 Å². The van der Waals surface area contributed by atoms with E-state index in [9.17, 15) is 10.1 Å². The minimum absolute atomic E-state index is 0.0536. The molecule has 0 unspecified atom stereocenters. The second-order valence-electron chi connectivity index (χ2n) is 3.24. The molecule has 0 bridgehead atoms. The lowest BCUT2D eigenvalue weighted by Crippen LogP contribution is -2.08. The SMILES string of the molecule is NNc1cc(-n2cc(Br)cn2)cc([N+](=O)[O-])c1. The number of hydrazine groups is 1. The largest absolute Gasteiger partial charge is 0.324 e. The molecule has 0 fully saturated rings. The lowest BCUT2D eigenvalue weighted by molar-refractivity contribution is -0.384. The predicted molar refractivity (Wildman–Crippen MR) is 65.7 cm³/mol. The maximum Gasteiger partial charge on any atom is 0.273 e. The molecule has 0 aliphatic carbocycles. The number of nitro benzene ring substituents is 1. The van der Waals surface area contributed by atoms with Crippen molar-refractivity contribution in [1.82, 2.24) is 9.78 Å². The van der Waals surface area contributed by atoms with Crippen LogP contribution in [0.3, 0.4) is 0 Å². The fourth-order valence-electron chi connectivity index (χ4n) is 1.36. The van der Waals surface area contributed by atoms with E-state index < -0.39 is 4.92 Å². The monoisotopic (exact) mass is 297 g/mol. The van der Waals surface area contributed by atoms with Crippen molar-refractivity contribution in [2.45, 2.75) is 0 Å². The fourth-order valence-corrected chi connectivity index (χ4v) is 1.64. The molecule has 0 aliphatic heterocycles. The van der Waals surface area contributed by atoms with Crippen LogP contribution < -0.4 is 11.3 Å². The highest BCUT2D eigenvalue weighted by Crippen LogP contribution is 2.23. The molecule has 2 rings (SSSR count). The number of nitrogen functional groups attached to an aromatic ring is 1. The van der Waals surface area contributed by atoms with Crippen LogP contribution in [0.25, 0.3) is 5.69 Å². The highest BCUT2D eigenvalue weighted by molar-refractivity contribution is 9.10. The van der Waals surface area contributed by atoms with Crippen molar-refractivity contribution < 1.29 is 4.92 Å². The smallest absolute Gasteiger partial charge is 0.273 e. The Morgan fingerprint density at radius 1 is 1.47 bits per heavy atom. The van der Waals surface area contributed by atoms with Gasteiger partial charge in [-0.15, -0.1) is 0 Å². The maximum atomic E-state index is 10.8.